The third-order valence-electron chi connectivity index (χ3n) is 7.35. The molecule has 8 heteroatoms. The van der Waals surface area contributed by atoms with E-state index in [1.807, 2.05) is 7.05 Å². The van der Waals surface area contributed by atoms with E-state index in [0.29, 0.717) is 30.3 Å². The number of piperazine rings is 4. The number of piperidine rings is 1. The van der Waals surface area contributed by atoms with Crippen LogP contribution in [0.4, 0.5) is 0 Å². The van der Waals surface area contributed by atoms with Crippen molar-refractivity contribution in [1.29, 1.82) is 0 Å². The van der Waals surface area contributed by atoms with Gasteiger partial charge in [0.15, 0.2) is 5.96 Å². The van der Waals surface area contributed by atoms with Gasteiger partial charge in [-0.3, -0.25) is 24.5 Å². The number of nitrogens with one attached hydrogen (secondary N) is 1. The predicted molar refractivity (Wildman–Crippen MR) is 121 cm³/mol. The minimum atomic E-state index is 0.306. The highest BCUT2D eigenvalue weighted by Crippen LogP contribution is 2.21. The van der Waals surface area contributed by atoms with Gasteiger partial charge in [0.2, 0.25) is 5.91 Å². The lowest BCUT2D eigenvalue weighted by Gasteiger charge is -2.47. The van der Waals surface area contributed by atoms with Crippen molar-refractivity contribution in [1.82, 2.24) is 29.8 Å². The molecule has 30 heavy (non-hydrogen) atoms. The number of likely N-dealkylation sites (tertiary alicyclic amines) is 1. The average Bonchev–Trinajstić information content (AvgIpc) is 2.75. The maximum absolute atomic E-state index is 12.8. The lowest BCUT2D eigenvalue weighted by atomic mass is 9.92. The number of carbonyl (C=O) groups excluding carboxylic acids is 1. The summed E-state index contributed by atoms with van der Waals surface area (Å²) in [6.45, 7) is 17.6. The van der Waals surface area contributed by atoms with Crippen LogP contribution in [0.2, 0.25) is 0 Å². The molecule has 5 fully saturated rings. The molecule has 5 heterocycles. The summed E-state index contributed by atoms with van der Waals surface area (Å²) >= 11 is 0. The van der Waals surface area contributed by atoms with Crippen molar-refractivity contribution in [3.8, 4) is 0 Å². The van der Waals surface area contributed by atoms with Crippen LogP contribution in [0.5, 0.6) is 0 Å². The predicted octanol–water partition coefficient (Wildman–Crippen LogP) is -0.316. The van der Waals surface area contributed by atoms with Crippen molar-refractivity contribution in [2.45, 2.75) is 26.3 Å². The monoisotopic (exact) mass is 419 g/mol. The van der Waals surface area contributed by atoms with E-state index in [1.165, 1.54) is 39.1 Å². The molecule has 0 aromatic rings. The van der Waals surface area contributed by atoms with Gasteiger partial charge in [-0.2, -0.15) is 0 Å². The summed E-state index contributed by atoms with van der Waals surface area (Å²) in [5.74, 6) is 2.56. The topological polar surface area (TPSA) is 57.7 Å². The van der Waals surface area contributed by atoms with Crippen LogP contribution in [0.25, 0.3) is 0 Å². The maximum Gasteiger partial charge on any atom is 0.236 e. The summed E-state index contributed by atoms with van der Waals surface area (Å²) in [4.78, 5) is 29.3. The Morgan fingerprint density at radius 2 is 1.57 bits per heavy atom. The number of amides is 1. The van der Waals surface area contributed by atoms with E-state index < -0.39 is 0 Å². The number of nitrogens with zero attached hydrogens (tertiary/aromatic N) is 6. The lowest BCUT2D eigenvalue weighted by Crippen LogP contribution is -2.64. The van der Waals surface area contributed by atoms with Gasteiger partial charge in [0, 0.05) is 91.6 Å². The Balaban J connectivity index is 1.20. The molecule has 5 saturated heterocycles. The van der Waals surface area contributed by atoms with E-state index in [-0.39, 0.29) is 0 Å². The maximum atomic E-state index is 12.8. The van der Waals surface area contributed by atoms with E-state index in [0.717, 1.165) is 51.8 Å². The van der Waals surface area contributed by atoms with Crippen molar-refractivity contribution in [2.75, 3.05) is 92.1 Å². The molecule has 0 aromatic carbocycles. The van der Waals surface area contributed by atoms with Gasteiger partial charge < -0.3 is 15.1 Å². The van der Waals surface area contributed by atoms with Crippen molar-refractivity contribution in [3.05, 3.63) is 0 Å². The minimum Gasteiger partial charge on any atom is -0.355 e. The van der Waals surface area contributed by atoms with Crippen LogP contribution in [-0.2, 0) is 4.79 Å². The van der Waals surface area contributed by atoms with Gasteiger partial charge >= 0.3 is 0 Å². The first kappa shape index (κ1) is 21.8. The van der Waals surface area contributed by atoms with Crippen LogP contribution in [0, 0.1) is 11.8 Å². The number of hydrogen-bond donors (Lipinski definition) is 1. The minimum absolute atomic E-state index is 0.306. The van der Waals surface area contributed by atoms with Crippen molar-refractivity contribution in [3.63, 3.8) is 0 Å². The zero-order valence-corrected chi connectivity index (χ0v) is 19.2. The number of guanidine groups is 1. The Morgan fingerprint density at radius 3 is 2.13 bits per heavy atom. The zero-order chi connectivity index (χ0) is 21.1. The van der Waals surface area contributed by atoms with Crippen LogP contribution in [0.3, 0.4) is 0 Å². The van der Waals surface area contributed by atoms with Crippen LogP contribution < -0.4 is 5.32 Å². The van der Waals surface area contributed by atoms with Crippen molar-refractivity contribution < 1.29 is 4.79 Å². The first-order valence-corrected chi connectivity index (χ1v) is 11.9. The van der Waals surface area contributed by atoms with Gasteiger partial charge in [-0.05, 0) is 18.3 Å². The third kappa shape index (κ3) is 5.26. The van der Waals surface area contributed by atoms with Crippen LogP contribution in [-0.4, -0.2) is 135 Å². The zero-order valence-electron chi connectivity index (χ0n) is 19.2. The normalized spacial score (nSPS) is 35.6. The highest BCUT2D eigenvalue weighted by molar-refractivity contribution is 5.80. The second kappa shape index (κ2) is 9.83. The van der Waals surface area contributed by atoms with Crippen molar-refractivity contribution in [2.24, 2.45) is 16.8 Å². The number of aliphatic imine (C=N–C) groups is 1. The number of carbonyl (C=O) groups is 1. The van der Waals surface area contributed by atoms with Gasteiger partial charge in [-0.15, -0.1) is 0 Å². The summed E-state index contributed by atoms with van der Waals surface area (Å²) < 4.78 is 0. The van der Waals surface area contributed by atoms with Gasteiger partial charge in [0.1, 0.15) is 0 Å². The quantitative estimate of drug-likeness (QED) is 0.498. The molecule has 0 radical (unpaired) electrons. The van der Waals surface area contributed by atoms with Crippen LogP contribution in [0.1, 0.15) is 20.3 Å². The van der Waals surface area contributed by atoms with Gasteiger partial charge in [0.25, 0.3) is 0 Å². The summed E-state index contributed by atoms with van der Waals surface area (Å²) in [5, 5.41) is 3.62. The smallest absolute Gasteiger partial charge is 0.236 e. The van der Waals surface area contributed by atoms with Crippen LogP contribution in [0.15, 0.2) is 4.99 Å². The standard InChI is InChI=1S/C22H41N7O/c1-18-12-19(2)15-29(14-18)21(30)17-26-6-10-28(11-7-26)22(23-3)24-13-20-16-25-4-8-27(20)9-5-25/h18-20H,4-17H2,1-3H3,(H,23,24). The summed E-state index contributed by atoms with van der Waals surface area (Å²) in [5.41, 5.74) is 0. The molecule has 5 aliphatic rings. The fourth-order valence-electron chi connectivity index (χ4n) is 5.74. The van der Waals surface area contributed by atoms with Crippen LogP contribution >= 0.6 is 0 Å². The lowest BCUT2D eigenvalue weighted by molar-refractivity contribution is -0.135. The fourth-order valence-corrected chi connectivity index (χ4v) is 5.74. The highest BCUT2D eigenvalue weighted by Gasteiger charge is 2.32. The molecule has 5 aliphatic heterocycles. The Kier molecular flexibility index (Phi) is 7.16. The molecule has 3 atom stereocenters. The molecule has 0 saturated carbocycles. The van der Waals surface area contributed by atoms with E-state index >= 15 is 0 Å². The molecule has 8 nitrogen and oxygen atoms in total. The third-order valence-corrected chi connectivity index (χ3v) is 7.35. The number of fused-ring (bicyclic) bond motifs is 3. The molecule has 0 aromatic heterocycles. The molecule has 5 rings (SSSR count). The molecule has 0 aliphatic carbocycles. The molecular weight excluding hydrogens is 378 g/mol. The van der Waals surface area contributed by atoms with E-state index in [1.54, 1.807) is 0 Å². The van der Waals surface area contributed by atoms with Gasteiger partial charge in [-0.1, -0.05) is 13.8 Å². The Labute approximate surface area is 182 Å². The van der Waals surface area contributed by atoms with Crippen molar-refractivity contribution >= 4 is 11.9 Å². The molecule has 1 N–H and O–H groups in total. The number of rotatable bonds is 4. The summed E-state index contributed by atoms with van der Waals surface area (Å²) in [6, 6.07) is 0.595. The second-order valence-electron chi connectivity index (χ2n) is 9.93. The van der Waals surface area contributed by atoms with E-state index in [9.17, 15) is 4.79 Å². The summed E-state index contributed by atoms with van der Waals surface area (Å²) in [7, 11) is 1.88. The SMILES string of the molecule is CN=C(NCC1CN2CCN1CC2)N1CCN(CC(=O)N2CC(C)CC(C)C2)CC1. The Morgan fingerprint density at radius 1 is 0.900 bits per heavy atom. The molecule has 0 spiro atoms. The second-order valence-corrected chi connectivity index (χ2v) is 9.93. The first-order chi connectivity index (χ1) is 14.5. The van der Waals surface area contributed by atoms with Gasteiger partial charge in [-0.25, -0.2) is 0 Å². The number of hydrogen-bond acceptors (Lipinski definition) is 5. The molecule has 1 amide bonds. The highest BCUT2D eigenvalue weighted by atomic mass is 16.2. The van der Waals surface area contributed by atoms with Gasteiger partial charge in [0.05, 0.1) is 6.54 Å². The summed E-state index contributed by atoms with van der Waals surface area (Å²) in [6.07, 6.45) is 1.24. The molecule has 2 bridgehead atoms. The average molecular weight is 420 g/mol. The van der Waals surface area contributed by atoms with E-state index in [2.05, 4.69) is 48.7 Å². The largest absolute Gasteiger partial charge is 0.355 e. The Bertz CT molecular complexity index is 601. The fraction of sp³-hybridized carbons (Fsp3) is 0.909. The first-order valence-electron chi connectivity index (χ1n) is 11.9. The Hall–Kier alpha value is -1.38. The van der Waals surface area contributed by atoms with E-state index in [4.69, 9.17) is 0 Å². The molecular formula is C22H41N7O. The molecule has 3 unspecified atom stereocenters. The molecule has 170 valence electrons.